The Morgan fingerprint density at radius 1 is 1.00 bits per heavy atom. The molecule has 0 aliphatic carbocycles. The molecule has 0 saturated heterocycles. The molecule has 78 valence electrons. The zero-order valence-corrected chi connectivity index (χ0v) is 9.84. The Morgan fingerprint density at radius 3 is 2.23 bits per heavy atom. The monoisotopic (exact) mass is 182 g/mol. The van der Waals surface area contributed by atoms with E-state index in [1.807, 2.05) is 0 Å². The van der Waals surface area contributed by atoms with E-state index in [4.69, 9.17) is 0 Å². The van der Waals surface area contributed by atoms with E-state index in [-0.39, 0.29) is 0 Å². The van der Waals surface area contributed by atoms with Crippen molar-refractivity contribution >= 4 is 0 Å². The molecule has 0 aliphatic rings. The van der Waals surface area contributed by atoms with Crippen LogP contribution in [0.25, 0.3) is 0 Å². The van der Waals surface area contributed by atoms with Gasteiger partial charge in [-0.2, -0.15) is 0 Å². The molecule has 0 amide bonds. The van der Waals surface area contributed by atoms with E-state index < -0.39 is 0 Å². The van der Waals surface area contributed by atoms with Crippen LogP contribution < -0.4 is 0 Å². The van der Waals surface area contributed by atoms with Crippen LogP contribution in [-0.4, -0.2) is 0 Å². The molecule has 0 nitrogen and oxygen atoms in total. The van der Waals surface area contributed by atoms with Crippen LogP contribution >= 0.6 is 0 Å². The smallest absolute Gasteiger partial charge is 0.0348 e. The number of allylic oxidation sites excluding steroid dienone is 2. The van der Waals surface area contributed by atoms with E-state index in [9.17, 15) is 0 Å². The second-order valence-corrected chi connectivity index (χ2v) is 4.58. The molecule has 0 aromatic carbocycles. The summed E-state index contributed by atoms with van der Waals surface area (Å²) in [6.07, 6.45) is 11.3. The van der Waals surface area contributed by atoms with Gasteiger partial charge in [-0.05, 0) is 31.6 Å². The molecule has 0 N–H and O–H groups in total. The average molecular weight is 182 g/mol. The van der Waals surface area contributed by atoms with Gasteiger partial charge in [-0.3, -0.25) is 0 Å². The minimum atomic E-state index is 0.878. The van der Waals surface area contributed by atoms with Gasteiger partial charge in [0.15, 0.2) is 0 Å². The summed E-state index contributed by atoms with van der Waals surface area (Å²) < 4.78 is 0. The van der Waals surface area contributed by atoms with E-state index >= 15 is 0 Å². The first-order valence-corrected chi connectivity index (χ1v) is 5.78. The molecule has 0 heteroatoms. The second-order valence-electron chi connectivity index (χ2n) is 4.58. The highest BCUT2D eigenvalue weighted by atomic mass is 14.1. The molecule has 0 bridgehead atoms. The van der Waals surface area contributed by atoms with Crippen LogP contribution in [-0.2, 0) is 0 Å². The maximum Gasteiger partial charge on any atom is -0.0348 e. The van der Waals surface area contributed by atoms with Crippen molar-refractivity contribution in [3.05, 3.63) is 12.2 Å². The Bertz CT molecular complexity index is 122. The zero-order valence-electron chi connectivity index (χ0n) is 9.84. The standard InChI is InChI=1S/C13H26/c1-5-6-7-10-13(4)11-8-9-12(2)3/h5-6,12-13H,7-11H2,1-4H3/b6-5+/t13-/m0/s1. The van der Waals surface area contributed by atoms with Gasteiger partial charge in [0.2, 0.25) is 0 Å². The highest BCUT2D eigenvalue weighted by molar-refractivity contribution is 4.77. The molecular weight excluding hydrogens is 156 g/mol. The largest absolute Gasteiger partial charge is 0.0917 e. The van der Waals surface area contributed by atoms with Crippen LogP contribution in [0.1, 0.15) is 59.8 Å². The fourth-order valence-corrected chi connectivity index (χ4v) is 1.57. The van der Waals surface area contributed by atoms with Gasteiger partial charge < -0.3 is 0 Å². The molecule has 0 radical (unpaired) electrons. The van der Waals surface area contributed by atoms with Gasteiger partial charge >= 0.3 is 0 Å². The van der Waals surface area contributed by atoms with Gasteiger partial charge in [-0.15, -0.1) is 0 Å². The van der Waals surface area contributed by atoms with Gasteiger partial charge in [0.25, 0.3) is 0 Å². The summed E-state index contributed by atoms with van der Waals surface area (Å²) in [4.78, 5) is 0. The lowest BCUT2D eigenvalue weighted by molar-refractivity contribution is 0.439. The summed E-state index contributed by atoms with van der Waals surface area (Å²) in [6, 6.07) is 0. The van der Waals surface area contributed by atoms with Crippen molar-refractivity contribution in [3.8, 4) is 0 Å². The molecule has 0 saturated carbocycles. The van der Waals surface area contributed by atoms with Gasteiger partial charge in [-0.25, -0.2) is 0 Å². The molecule has 1 atom stereocenters. The predicted octanol–water partition coefficient (Wildman–Crippen LogP) is 4.81. The van der Waals surface area contributed by atoms with Crippen molar-refractivity contribution in [2.45, 2.75) is 59.8 Å². The zero-order chi connectivity index (χ0) is 10.1. The van der Waals surface area contributed by atoms with E-state index in [2.05, 4.69) is 39.8 Å². The predicted molar refractivity (Wildman–Crippen MR) is 61.9 cm³/mol. The van der Waals surface area contributed by atoms with Crippen molar-refractivity contribution in [1.29, 1.82) is 0 Å². The van der Waals surface area contributed by atoms with Crippen LogP contribution in [0.5, 0.6) is 0 Å². The molecular formula is C13H26. The minimum absolute atomic E-state index is 0.878. The fraction of sp³-hybridized carbons (Fsp3) is 0.846. The second kappa shape index (κ2) is 8.34. The Balaban J connectivity index is 3.24. The molecule has 0 aromatic rings. The summed E-state index contributed by atoms with van der Waals surface area (Å²) in [5.41, 5.74) is 0. The maximum absolute atomic E-state index is 2.38. The van der Waals surface area contributed by atoms with Crippen LogP contribution in [0.2, 0.25) is 0 Å². The van der Waals surface area contributed by atoms with E-state index in [0.717, 1.165) is 11.8 Å². The average Bonchev–Trinajstić information content (AvgIpc) is 2.04. The Morgan fingerprint density at radius 2 is 1.69 bits per heavy atom. The number of rotatable bonds is 7. The van der Waals surface area contributed by atoms with Gasteiger partial charge in [0, 0.05) is 0 Å². The van der Waals surface area contributed by atoms with Crippen molar-refractivity contribution in [3.63, 3.8) is 0 Å². The molecule has 0 fully saturated rings. The molecule has 13 heavy (non-hydrogen) atoms. The maximum atomic E-state index is 2.38. The van der Waals surface area contributed by atoms with Crippen molar-refractivity contribution in [1.82, 2.24) is 0 Å². The molecule has 0 rings (SSSR count). The number of hydrogen-bond acceptors (Lipinski definition) is 0. The topological polar surface area (TPSA) is 0 Å². The van der Waals surface area contributed by atoms with Crippen molar-refractivity contribution in [2.24, 2.45) is 11.8 Å². The first kappa shape index (κ1) is 12.7. The summed E-state index contributed by atoms with van der Waals surface area (Å²) in [5.74, 6) is 1.79. The summed E-state index contributed by atoms with van der Waals surface area (Å²) >= 11 is 0. The quantitative estimate of drug-likeness (QED) is 0.496. The molecule has 0 heterocycles. The van der Waals surface area contributed by atoms with E-state index in [1.165, 1.54) is 32.1 Å². The molecule has 0 aromatic heterocycles. The van der Waals surface area contributed by atoms with E-state index in [0.29, 0.717) is 0 Å². The van der Waals surface area contributed by atoms with Gasteiger partial charge in [0.1, 0.15) is 0 Å². The third kappa shape index (κ3) is 9.66. The summed E-state index contributed by atoms with van der Waals surface area (Å²) in [7, 11) is 0. The summed E-state index contributed by atoms with van der Waals surface area (Å²) in [5, 5.41) is 0. The van der Waals surface area contributed by atoms with Crippen molar-refractivity contribution in [2.75, 3.05) is 0 Å². The number of hydrogen-bond donors (Lipinski definition) is 0. The highest BCUT2D eigenvalue weighted by Gasteiger charge is 2.01. The Kier molecular flexibility index (Phi) is 8.18. The first-order valence-electron chi connectivity index (χ1n) is 5.78. The minimum Gasteiger partial charge on any atom is -0.0917 e. The van der Waals surface area contributed by atoms with Crippen LogP contribution in [0.15, 0.2) is 12.2 Å². The Labute approximate surface area is 84.4 Å². The third-order valence-electron chi connectivity index (χ3n) is 2.54. The lowest BCUT2D eigenvalue weighted by Crippen LogP contribution is -1.95. The van der Waals surface area contributed by atoms with Crippen LogP contribution in [0, 0.1) is 11.8 Å². The normalized spacial score (nSPS) is 14.2. The SMILES string of the molecule is C/C=C/CC[C@H](C)CCCC(C)C. The summed E-state index contributed by atoms with van der Waals surface area (Å²) in [6.45, 7) is 9.10. The Hall–Kier alpha value is -0.260. The van der Waals surface area contributed by atoms with Gasteiger partial charge in [0.05, 0.1) is 0 Å². The van der Waals surface area contributed by atoms with Gasteiger partial charge in [-0.1, -0.05) is 52.2 Å². The lowest BCUT2D eigenvalue weighted by atomic mass is 9.96. The van der Waals surface area contributed by atoms with Crippen LogP contribution in [0.3, 0.4) is 0 Å². The highest BCUT2D eigenvalue weighted by Crippen LogP contribution is 2.16. The van der Waals surface area contributed by atoms with Crippen molar-refractivity contribution < 1.29 is 0 Å². The molecule has 0 unspecified atom stereocenters. The van der Waals surface area contributed by atoms with Crippen LogP contribution in [0.4, 0.5) is 0 Å². The molecule has 0 aliphatic heterocycles. The first-order chi connectivity index (χ1) is 6.16. The third-order valence-corrected chi connectivity index (χ3v) is 2.54. The fourth-order valence-electron chi connectivity index (χ4n) is 1.57. The lowest BCUT2D eigenvalue weighted by Gasteiger charge is -2.10. The molecule has 0 spiro atoms. The van der Waals surface area contributed by atoms with E-state index in [1.54, 1.807) is 0 Å².